The first-order valence-electron chi connectivity index (χ1n) is 4.83. The van der Waals surface area contributed by atoms with Gasteiger partial charge in [-0.25, -0.2) is 9.97 Å². The van der Waals surface area contributed by atoms with Gasteiger partial charge < -0.3 is 15.3 Å². The fourth-order valence-corrected chi connectivity index (χ4v) is 0.726. The summed E-state index contributed by atoms with van der Waals surface area (Å²) in [5.41, 5.74) is 5.23. The van der Waals surface area contributed by atoms with E-state index in [1.807, 2.05) is 0 Å². The van der Waals surface area contributed by atoms with Gasteiger partial charge in [0.1, 0.15) is 12.9 Å². The Morgan fingerprint density at radius 2 is 1.88 bits per heavy atom. The highest BCUT2D eigenvalue weighted by molar-refractivity contribution is 5.91. The largest absolute Gasteiger partial charge is 0.391 e. The van der Waals surface area contributed by atoms with E-state index < -0.39 is 5.91 Å². The van der Waals surface area contributed by atoms with Gasteiger partial charge in [-0.2, -0.15) is 0 Å². The van der Waals surface area contributed by atoms with E-state index in [1.165, 1.54) is 18.7 Å². The Balaban J connectivity index is 0.000000293. The molecule has 1 aromatic heterocycles. The fourth-order valence-electron chi connectivity index (χ4n) is 0.726. The van der Waals surface area contributed by atoms with Crippen LogP contribution in [0.25, 0.3) is 0 Å². The summed E-state index contributed by atoms with van der Waals surface area (Å²) in [5, 5.41) is 8.39. The van der Waals surface area contributed by atoms with Crippen LogP contribution in [0.3, 0.4) is 0 Å². The van der Waals surface area contributed by atoms with E-state index in [9.17, 15) is 4.79 Å². The zero-order chi connectivity index (χ0) is 12.6. The molecule has 0 fully saturated rings. The Hall–Kier alpha value is -1.53. The highest BCUT2D eigenvalue weighted by Gasteiger charge is 2.02. The van der Waals surface area contributed by atoms with Crippen molar-refractivity contribution < 1.29 is 14.4 Å². The van der Waals surface area contributed by atoms with E-state index in [4.69, 9.17) is 10.8 Å². The molecule has 0 atom stereocenters. The fraction of sp³-hybridized carbons (Fsp3) is 0.500. The molecule has 6 nitrogen and oxygen atoms in total. The molecule has 3 N–H and O–H groups in total. The number of aliphatic hydroxyl groups is 1. The summed E-state index contributed by atoms with van der Waals surface area (Å²) in [5.74, 6) is -0.504. The summed E-state index contributed by atoms with van der Waals surface area (Å²) in [7, 11) is 6.16. The summed E-state index contributed by atoms with van der Waals surface area (Å²) in [6, 6.07) is 0. The second-order valence-electron chi connectivity index (χ2n) is 4.23. The molecule has 1 aromatic rings. The minimum atomic E-state index is -0.504. The van der Waals surface area contributed by atoms with Gasteiger partial charge in [-0.1, -0.05) is 0 Å². The minimum absolute atomic E-state index is 0.281. The van der Waals surface area contributed by atoms with Gasteiger partial charge >= 0.3 is 0 Å². The van der Waals surface area contributed by atoms with Gasteiger partial charge in [-0.15, -0.1) is 0 Å². The molecule has 1 amide bonds. The lowest BCUT2D eigenvalue weighted by Gasteiger charge is -2.21. The third-order valence-electron chi connectivity index (χ3n) is 1.62. The van der Waals surface area contributed by atoms with Gasteiger partial charge in [0.25, 0.3) is 5.91 Å². The highest BCUT2D eigenvalue weighted by atomic mass is 16.3. The van der Waals surface area contributed by atoms with Crippen molar-refractivity contribution in [1.29, 1.82) is 0 Å². The Labute approximate surface area is 95.3 Å². The number of carbonyl (C=O) groups excluding carboxylic acids is 1. The number of rotatable bonds is 3. The molecule has 0 radical (unpaired) electrons. The highest BCUT2D eigenvalue weighted by Crippen LogP contribution is 1.88. The quantitative estimate of drug-likeness (QED) is 0.666. The summed E-state index contributed by atoms with van der Waals surface area (Å²) >= 11 is 0. The van der Waals surface area contributed by atoms with Gasteiger partial charge in [0.15, 0.2) is 0 Å². The van der Waals surface area contributed by atoms with Crippen molar-refractivity contribution in [3.8, 4) is 0 Å². The number of aliphatic hydroxyl groups excluding tert-OH is 1. The normalized spacial score (nSPS) is 10.2. The van der Waals surface area contributed by atoms with Crippen molar-refractivity contribution in [3.05, 3.63) is 24.3 Å². The lowest BCUT2D eigenvalue weighted by molar-refractivity contribution is -0.870. The van der Waals surface area contributed by atoms with Crippen LogP contribution in [-0.4, -0.2) is 59.8 Å². The van der Waals surface area contributed by atoms with E-state index in [0.29, 0.717) is 5.56 Å². The van der Waals surface area contributed by atoms with Gasteiger partial charge in [0.2, 0.25) is 0 Å². The van der Waals surface area contributed by atoms with Gasteiger partial charge in [-0.3, -0.25) is 4.79 Å². The Morgan fingerprint density at radius 1 is 1.38 bits per heavy atom. The van der Waals surface area contributed by atoms with Crippen LogP contribution in [0.4, 0.5) is 0 Å². The average molecular weight is 227 g/mol. The predicted octanol–water partition coefficient (Wildman–Crippen LogP) is -0.740. The van der Waals surface area contributed by atoms with Crippen molar-refractivity contribution in [2.24, 2.45) is 5.73 Å². The van der Waals surface area contributed by atoms with Crippen molar-refractivity contribution in [2.75, 3.05) is 34.3 Å². The Bertz CT molecular complexity index is 308. The first kappa shape index (κ1) is 14.5. The van der Waals surface area contributed by atoms with Crippen LogP contribution >= 0.6 is 0 Å². The lowest BCUT2D eigenvalue weighted by atomic mass is 10.3. The van der Waals surface area contributed by atoms with Crippen LogP contribution in [-0.2, 0) is 0 Å². The maximum absolute atomic E-state index is 10.3. The molecule has 0 aliphatic rings. The first-order chi connectivity index (χ1) is 7.37. The number of primary amides is 1. The molecule has 0 unspecified atom stereocenters. The van der Waals surface area contributed by atoms with E-state index in [-0.39, 0.29) is 6.61 Å². The van der Waals surface area contributed by atoms with E-state index in [2.05, 4.69) is 31.1 Å². The van der Waals surface area contributed by atoms with Gasteiger partial charge in [0.05, 0.1) is 33.3 Å². The summed E-state index contributed by atoms with van der Waals surface area (Å²) in [6.45, 7) is 1.11. The van der Waals surface area contributed by atoms with Crippen LogP contribution in [0, 0.1) is 0 Å². The maximum Gasteiger partial charge on any atom is 0.251 e. The molecular formula is C10H19N4O2+. The standard InChI is InChI=1S/C5H5N3O.C5H14NO/c6-5(9)4-1-7-3-8-2-4;1-6(2,3)4-5-7/h1-3H,(H2,6,9);7H,4-5H2,1-3H3/q;+1. The topological polar surface area (TPSA) is 89.1 Å². The number of nitrogens with zero attached hydrogens (tertiary/aromatic N) is 3. The Morgan fingerprint density at radius 3 is 2.06 bits per heavy atom. The van der Waals surface area contributed by atoms with E-state index >= 15 is 0 Å². The van der Waals surface area contributed by atoms with Crippen molar-refractivity contribution >= 4 is 5.91 Å². The molecule has 0 spiro atoms. The monoisotopic (exact) mass is 227 g/mol. The molecule has 0 aliphatic heterocycles. The minimum Gasteiger partial charge on any atom is -0.391 e. The molecule has 0 aromatic carbocycles. The average Bonchev–Trinajstić information content (AvgIpc) is 2.18. The zero-order valence-corrected chi connectivity index (χ0v) is 9.92. The number of carbonyl (C=O) groups is 1. The second-order valence-corrected chi connectivity index (χ2v) is 4.23. The molecule has 0 bridgehead atoms. The number of hydrogen-bond acceptors (Lipinski definition) is 4. The van der Waals surface area contributed by atoms with Crippen LogP contribution in [0.1, 0.15) is 10.4 Å². The van der Waals surface area contributed by atoms with Gasteiger partial charge in [0, 0.05) is 12.4 Å². The molecule has 0 saturated carbocycles. The number of likely N-dealkylation sites (N-methyl/N-ethyl adjacent to an activating group) is 1. The second kappa shape index (κ2) is 6.86. The molecule has 16 heavy (non-hydrogen) atoms. The maximum atomic E-state index is 10.3. The van der Waals surface area contributed by atoms with Crippen LogP contribution in [0.2, 0.25) is 0 Å². The third-order valence-corrected chi connectivity index (χ3v) is 1.62. The van der Waals surface area contributed by atoms with E-state index in [1.54, 1.807) is 0 Å². The summed E-state index contributed by atoms with van der Waals surface area (Å²) in [4.78, 5) is 17.5. The number of hydrogen-bond donors (Lipinski definition) is 2. The van der Waals surface area contributed by atoms with Crippen LogP contribution < -0.4 is 5.73 Å². The molecule has 0 aliphatic carbocycles. The number of quaternary nitrogens is 1. The Kier molecular flexibility index (Phi) is 6.21. The molecule has 1 heterocycles. The number of nitrogens with two attached hydrogens (primary N) is 1. The van der Waals surface area contributed by atoms with E-state index in [0.717, 1.165) is 11.0 Å². The molecule has 1 rings (SSSR count). The van der Waals surface area contributed by atoms with Crippen LogP contribution in [0.15, 0.2) is 18.7 Å². The first-order valence-corrected chi connectivity index (χ1v) is 4.83. The predicted molar refractivity (Wildman–Crippen MR) is 60.5 cm³/mol. The SMILES string of the molecule is C[N+](C)(C)CCO.NC(=O)c1cncnc1. The molecular weight excluding hydrogens is 208 g/mol. The molecule has 0 saturated heterocycles. The lowest BCUT2D eigenvalue weighted by Crippen LogP contribution is -2.36. The number of amides is 1. The van der Waals surface area contributed by atoms with Crippen LogP contribution in [0.5, 0.6) is 0 Å². The van der Waals surface area contributed by atoms with Crippen molar-refractivity contribution in [2.45, 2.75) is 0 Å². The zero-order valence-electron chi connectivity index (χ0n) is 9.92. The smallest absolute Gasteiger partial charge is 0.251 e. The summed E-state index contributed by atoms with van der Waals surface area (Å²) < 4.78 is 0.844. The molecule has 90 valence electrons. The third kappa shape index (κ3) is 7.84. The molecule has 6 heteroatoms. The summed E-state index contributed by atoms with van der Waals surface area (Å²) in [6.07, 6.45) is 4.08. The van der Waals surface area contributed by atoms with Crippen molar-refractivity contribution in [1.82, 2.24) is 9.97 Å². The van der Waals surface area contributed by atoms with Gasteiger partial charge in [-0.05, 0) is 0 Å². The van der Waals surface area contributed by atoms with Crippen molar-refractivity contribution in [3.63, 3.8) is 0 Å². The number of aromatic nitrogens is 2.